The van der Waals surface area contributed by atoms with Crippen LogP contribution in [0.2, 0.25) is 5.02 Å². The Morgan fingerprint density at radius 2 is 1.77 bits per heavy atom. The number of amides is 1. The molecule has 1 aromatic heterocycles. The first kappa shape index (κ1) is 27.5. The molecule has 1 N–H and O–H groups in total. The summed E-state index contributed by atoms with van der Waals surface area (Å²) in [7, 11) is -2.47. The maximum Gasteiger partial charge on any atom is 0.264 e. The summed E-state index contributed by atoms with van der Waals surface area (Å²) >= 11 is 5.92. The van der Waals surface area contributed by atoms with Crippen LogP contribution >= 0.6 is 11.6 Å². The molecule has 0 atom stereocenters. The van der Waals surface area contributed by atoms with Gasteiger partial charge in [-0.1, -0.05) is 23.7 Å². The Bertz CT molecular complexity index is 1590. The molecule has 0 unspecified atom stereocenters. The van der Waals surface area contributed by atoms with Crippen LogP contribution in [0.1, 0.15) is 28.8 Å². The highest BCUT2D eigenvalue weighted by atomic mass is 35.5. The Balaban J connectivity index is 1.41. The first-order chi connectivity index (χ1) is 19.3. The van der Waals surface area contributed by atoms with Crippen LogP contribution in [0, 0.1) is 5.92 Å². The van der Waals surface area contributed by atoms with E-state index in [-0.39, 0.29) is 15.5 Å². The molecular formula is C30H28ClN3O5S. The van der Waals surface area contributed by atoms with Crippen LogP contribution in [-0.4, -0.2) is 33.0 Å². The lowest BCUT2D eigenvalue weighted by Gasteiger charge is -2.26. The summed E-state index contributed by atoms with van der Waals surface area (Å²) in [5.74, 6) is 1.15. The average Bonchev–Trinajstić information content (AvgIpc) is 3.80. The maximum absolute atomic E-state index is 12.8. The van der Waals surface area contributed by atoms with Crippen LogP contribution in [-0.2, 0) is 16.6 Å². The number of nitrogens with one attached hydrogen (secondary N) is 1. The molecule has 0 aliphatic heterocycles. The van der Waals surface area contributed by atoms with Gasteiger partial charge in [-0.05, 0) is 85.0 Å². The van der Waals surface area contributed by atoms with Crippen molar-refractivity contribution in [1.82, 2.24) is 9.71 Å². The number of hydrogen-bond acceptors (Lipinski definition) is 7. The molecule has 1 aliphatic carbocycles. The monoisotopic (exact) mass is 577 g/mol. The molecule has 40 heavy (non-hydrogen) atoms. The molecule has 10 heteroatoms. The minimum absolute atomic E-state index is 0.0909. The summed E-state index contributed by atoms with van der Waals surface area (Å²) in [6.07, 6.45) is 5.87. The van der Waals surface area contributed by atoms with Gasteiger partial charge in [0.2, 0.25) is 0 Å². The van der Waals surface area contributed by atoms with E-state index in [1.165, 1.54) is 31.0 Å². The zero-order chi connectivity index (χ0) is 28.1. The minimum Gasteiger partial charge on any atom is -0.493 e. The van der Waals surface area contributed by atoms with Gasteiger partial charge in [0, 0.05) is 47.0 Å². The van der Waals surface area contributed by atoms with Crippen LogP contribution in [0.4, 0.5) is 11.4 Å². The summed E-state index contributed by atoms with van der Waals surface area (Å²) in [5.41, 5.74) is 2.82. The van der Waals surface area contributed by atoms with E-state index in [1.54, 1.807) is 49.8 Å². The number of benzene rings is 3. The Morgan fingerprint density at radius 1 is 1.00 bits per heavy atom. The van der Waals surface area contributed by atoms with Crippen LogP contribution in [0.25, 0.3) is 0 Å². The smallest absolute Gasteiger partial charge is 0.264 e. The fourth-order valence-electron chi connectivity index (χ4n) is 4.11. The van der Waals surface area contributed by atoms with E-state index < -0.39 is 15.9 Å². The molecule has 1 saturated carbocycles. The molecule has 1 heterocycles. The fraction of sp³-hybridized carbons (Fsp3) is 0.200. The van der Waals surface area contributed by atoms with Gasteiger partial charge in [-0.15, -0.1) is 0 Å². The van der Waals surface area contributed by atoms with Crippen molar-refractivity contribution in [2.75, 3.05) is 18.6 Å². The zero-order valence-electron chi connectivity index (χ0n) is 21.8. The van der Waals surface area contributed by atoms with Gasteiger partial charge in [0.25, 0.3) is 15.9 Å². The number of pyridine rings is 1. The molecule has 8 nitrogen and oxygen atoms in total. The number of halogens is 1. The standard InChI is InChI=1S/C30H28ClN3O5S/c1-38-28-14-13-26(17-29(28)39-20-21-7-8-21)34(19-22-4-3-15-32-18-22)25-11-9-23(10-12-25)30(35)33-40(36,37)27-6-2-5-24(31)16-27/h2-6,9-18,21H,7-8,19-20H2,1H3,(H,33,35). The number of rotatable bonds is 11. The maximum atomic E-state index is 12.8. The van der Waals surface area contributed by atoms with Crippen molar-refractivity contribution in [3.63, 3.8) is 0 Å². The molecule has 5 rings (SSSR count). The number of aromatic nitrogens is 1. The first-order valence-corrected chi connectivity index (χ1v) is 14.6. The van der Waals surface area contributed by atoms with Gasteiger partial charge in [-0.2, -0.15) is 0 Å². The highest BCUT2D eigenvalue weighted by Gasteiger charge is 2.23. The Kier molecular flexibility index (Phi) is 8.23. The summed E-state index contributed by atoms with van der Waals surface area (Å²) in [5, 5.41) is 0.257. The first-order valence-electron chi connectivity index (χ1n) is 12.7. The van der Waals surface area contributed by atoms with Crippen molar-refractivity contribution >= 4 is 38.9 Å². The number of nitrogens with zero attached hydrogens (tertiary/aromatic N) is 2. The van der Waals surface area contributed by atoms with E-state index in [2.05, 4.69) is 14.6 Å². The predicted octanol–water partition coefficient (Wildman–Crippen LogP) is 5.99. The molecule has 0 spiro atoms. The van der Waals surface area contributed by atoms with E-state index in [9.17, 15) is 13.2 Å². The number of carbonyl (C=O) groups excluding carboxylic acids is 1. The largest absolute Gasteiger partial charge is 0.493 e. The summed E-state index contributed by atoms with van der Waals surface area (Å²) in [4.78, 5) is 19.0. The van der Waals surface area contributed by atoms with Crippen LogP contribution in [0.5, 0.6) is 11.5 Å². The van der Waals surface area contributed by atoms with Crippen molar-refractivity contribution in [1.29, 1.82) is 0 Å². The van der Waals surface area contributed by atoms with Crippen molar-refractivity contribution < 1.29 is 22.7 Å². The molecule has 3 aromatic carbocycles. The number of carbonyl (C=O) groups is 1. The normalized spacial score (nSPS) is 12.9. The van der Waals surface area contributed by atoms with Gasteiger partial charge in [0.05, 0.1) is 18.6 Å². The zero-order valence-corrected chi connectivity index (χ0v) is 23.4. The van der Waals surface area contributed by atoms with Gasteiger partial charge >= 0.3 is 0 Å². The van der Waals surface area contributed by atoms with Gasteiger partial charge in [0.15, 0.2) is 11.5 Å². The van der Waals surface area contributed by atoms with Crippen molar-refractivity contribution in [2.24, 2.45) is 5.92 Å². The highest BCUT2D eigenvalue weighted by molar-refractivity contribution is 7.90. The van der Waals surface area contributed by atoms with Crippen molar-refractivity contribution in [3.05, 3.63) is 107 Å². The number of methoxy groups -OCH3 is 1. The fourth-order valence-corrected chi connectivity index (χ4v) is 5.39. The van der Waals surface area contributed by atoms with Gasteiger partial charge < -0.3 is 14.4 Å². The quantitative estimate of drug-likeness (QED) is 0.234. The third kappa shape index (κ3) is 6.73. The third-order valence-electron chi connectivity index (χ3n) is 6.47. The SMILES string of the molecule is COc1ccc(N(Cc2cccnc2)c2ccc(C(=O)NS(=O)(=O)c3cccc(Cl)c3)cc2)cc1OCC1CC1. The molecular weight excluding hydrogens is 550 g/mol. The molecule has 0 saturated heterocycles. The third-order valence-corrected chi connectivity index (χ3v) is 8.03. The van der Waals surface area contributed by atoms with Gasteiger partial charge in [-0.3, -0.25) is 9.78 Å². The van der Waals surface area contributed by atoms with E-state index in [0.29, 0.717) is 30.6 Å². The van der Waals surface area contributed by atoms with Crippen LogP contribution < -0.4 is 19.1 Å². The Morgan fingerprint density at radius 3 is 2.45 bits per heavy atom. The molecule has 206 valence electrons. The summed E-state index contributed by atoms with van der Waals surface area (Å²) < 4.78 is 39.1. The van der Waals surface area contributed by atoms with Crippen molar-refractivity contribution in [2.45, 2.75) is 24.3 Å². The minimum atomic E-state index is -4.09. The number of sulfonamides is 1. The van der Waals surface area contributed by atoms with E-state index in [1.807, 2.05) is 30.3 Å². The highest BCUT2D eigenvalue weighted by Crippen LogP contribution is 2.37. The molecule has 0 bridgehead atoms. The topological polar surface area (TPSA) is 97.8 Å². The lowest BCUT2D eigenvalue weighted by molar-refractivity contribution is 0.0981. The summed E-state index contributed by atoms with van der Waals surface area (Å²) in [6.45, 7) is 1.14. The molecule has 4 aromatic rings. The predicted molar refractivity (Wildman–Crippen MR) is 154 cm³/mol. The van der Waals surface area contributed by atoms with Crippen LogP contribution in [0.15, 0.2) is 96.2 Å². The van der Waals surface area contributed by atoms with Crippen LogP contribution in [0.3, 0.4) is 0 Å². The van der Waals surface area contributed by atoms with Gasteiger partial charge in [-0.25, -0.2) is 13.1 Å². The van der Waals surface area contributed by atoms with Crippen molar-refractivity contribution in [3.8, 4) is 11.5 Å². The average molecular weight is 578 g/mol. The number of anilines is 2. The second kappa shape index (κ2) is 12.0. The second-order valence-electron chi connectivity index (χ2n) is 9.48. The molecule has 1 aliphatic rings. The Labute approximate surface area is 238 Å². The lowest BCUT2D eigenvalue weighted by atomic mass is 10.1. The van der Waals surface area contributed by atoms with E-state index in [4.69, 9.17) is 21.1 Å². The lowest BCUT2D eigenvalue weighted by Crippen LogP contribution is -2.30. The molecule has 0 radical (unpaired) electrons. The second-order valence-corrected chi connectivity index (χ2v) is 11.6. The Hall–Kier alpha value is -4.08. The number of hydrogen-bond donors (Lipinski definition) is 1. The molecule has 1 fully saturated rings. The number of ether oxygens (including phenoxy) is 2. The van der Waals surface area contributed by atoms with E-state index >= 15 is 0 Å². The molecule has 1 amide bonds. The van der Waals surface area contributed by atoms with Gasteiger partial charge in [0.1, 0.15) is 0 Å². The summed E-state index contributed by atoms with van der Waals surface area (Å²) in [6, 6.07) is 22.0. The van der Waals surface area contributed by atoms with E-state index in [0.717, 1.165) is 16.9 Å².